The molecule has 0 radical (unpaired) electrons. The topological polar surface area (TPSA) is 166 Å². The minimum Gasteiger partial charge on any atom is -0.454 e. The van der Waals surface area contributed by atoms with E-state index < -0.39 is 68.4 Å². The van der Waals surface area contributed by atoms with Crippen LogP contribution >= 0.6 is 0 Å². The quantitative estimate of drug-likeness (QED) is 0.0641. The molecule has 17 aliphatic rings. The Labute approximate surface area is 538 Å². The Morgan fingerprint density at radius 2 is 1.55 bits per heavy atom. The molecule has 480 valence electrons. The Morgan fingerprint density at radius 3 is 2.37 bits per heavy atom. The summed E-state index contributed by atoms with van der Waals surface area (Å²) in [6.07, 6.45) is 25.7. The molecule has 27 atom stereocenters. The van der Waals surface area contributed by atoms with Gasteiger partial charge in [-0.15, -0.1) is 0 Å². The van der Waals surface area contributed by atoms with E-state index in [0.717, 1.165) is 119 Å². The Hall–Kier alpha value is -4.44. The average Bonchev–Trinajstić information content (AvgIpc) is 1.47. The van der Waals surface area contributed by atoms with Gasteiger partial charge in [-0.25, -0.2) is 4.79 Å². The summed E-state index contributed by atoms with van der Waals surface area (Å²) in [6.45, 7) is -0.121. The van der Waals surface area contributed by atoms with Crippen molar-refractivity contribution in [1.29, 1.82) is 0 Å². The monoisotopic (exact) mass is 1230 g/mol. The number of likely N-dealkylation sites (N-methyl/N-ethyl adjacent to an activating group) is 1. The first-order valence-electron chi connectivity index (χ1n) is 36.8. The number of esters is 1. The fraction of sp³-hybridized carbons (Fsp3) is 0.679. The van der Waals surface area contributed by atoms with Gasteiger partial charge in [0.05, 0.1) is 35.9 Å². The molecule has 10 heteroatoms. The van der Waals surface area contributed by atoms with Gasteiger partial charge in [-0.3, -0.25) is 0 Å². The highest BCUT2D eigenvalue weighted by Gasteiger charge is 2.90. The fourth-order valence-electron chi connectivity index (χ4n) is 29.3. The first kappa shape index (κ1) is 58.0. The normalized spacial score (nSPS) is 50.9. The van der Waals surface area contributed by atoms with Crippen LogP contribution in [0.4, 0.5) is 0 Å². The molecule has 20 rings (SSSR count). The van der Waals surface area contributed by atoms with Crippen LogP contribution in [0.25, 0.3) is 0 Å². The molecule has 0 amide bonds. The lowest BCUT2D eigenvalue weighted by Gasteiger charge is -2.78. The molecule has 27 unspecified atom stereocenters. The highest BCUT2D eigenvalue weighted by atomic mass is 16.5. The number of fused-ring (bicyclic) bond motifs is 11. The maximum absolute atomic E-state index is 16.4. The van der Waals surface area contributed by atoms with Crippen molar-refractivity contribution in [2.24, 2.45) is 110 Å². The van der Waals surface area contributed by atoms with E-state index in [4.69, 9.17) is 9.47 Å². The van der Waals surface area contributed by atoms with Gasteiger partial charge in [0.2, 0.25) is 0 Å². The van der Waals surface area contributed by atoms with E-state index in [9.17, 15) is 15.0 Å². The molecule has 14 aliphatic carbocycles. The predicted octanol–water partition coefficient (Wildman–Crippen LogP) is 11.5. The number of carbonyl (C=O) groups excluding carboxylic acids is 2. The summed E-state index contributed by atoms with van der Waals surface area (Å²) in [5, 5.41) is 76.7. The summed E-state index contributed by atoms with van der Waals surface area (Å²) < 4.78 is 14.9. The average molecular weight is 1230 g/mol. The SMILES string of the molecule is CNC1Cc2c(cccc2CO)C#CC2(CCCC2)CC23CCC4C5(C=O)CC67C8CC9CC(c%10ccccc%10)CCC96CCC8C6Cc8cccc(c8)CC8CCC(C8)C8CC=CC9CC(C7O6)C5(O)C(CC98)C(O)C4(O)C2(O)CC2CC1C1OC(=O)C=C1C23. The summed E-state index contributed by atoms with van der Waals surface area (Å²) >= 11 is 0. The van der Waals surface area contributed by atoms with Crippen molar-refractivity contribution < 1.29 is 44.6 Å². The molecule has 1 saturated heterocycles. The van der Waals surface area contributed by atoms with Crippen molar-refractivity contribution in [2.75, 3.05) is 7.05 Å². The Morgan fingerprint density at radius 1 is 0.736 bits per heavy atom. The second kappa shape index (κ2) is 20.1. The third kappa shape index (κ3) is 7.33. The zero-order valence-electron chi connectivity index (χ0n) is 53.5. The van der Waals surface area contributed by atoms with Crippen molar-refractivity contribution >= 4 is 12.3 Å². The number of hydrogen-bond acceptors (Lipinski definition) is 10. The van der Waals surface area contributed by atoms with Gasteiger partial charge in [-0.1, -0.05) is 104 Å². The van der Waals surface area contributed by atoms with E-state index in [1.165, 1.54) is 29.4 Å². The number of hydrogen-bond donors (Lipinski definition) is 6. The lowest BCUT2D eigenvalue weighted by molar-refractivity contribution is -0.405. The maximum atomic E-state index is 16.4. The summed E-state index contributed by atoms with van der Waals surface area (Å²) in [4.78, 5) is 30.7. The minimum atomic E-state index is -2.24. The van der Waals surface area contributed by atoms with Crippen LogP contribution in [0, 0.1) is 122 Å². The van der Waals surface area contributed by atoms with E-state index in [1.54, 1.807) is 6.08 Å². The standard InChI is InChI=1S/C81H97NO9/c1-82-66-39-59-50(14-8-16-54(59)42-83)20-26-74(24-5-6-25-74)43-76-29-23-68-77(45-84)44-78-63-37-56-34-51(49-12-3-2-4-13-49)21-27-75(56,78)28-22-58(63)67-33-47-11-7-10-46(30-47)31-48-18-19-53(32-48)57-17-9-15-52-36-65(73(78)90-67)80(77,88)64(38-60(52)57)72(86)81(68,89)79(76,87)41-55-35-61(66)71-62(70(55)76)40-69(85)91-71/h2-4,7-16,30,40,45,48,51-53,55-58,60-61,63-68,70-73,82-83,86-89H,5-6,17-19,21-25,27-29,31-39,41-44H2,1H3. The van der Waals surface area contributed by atoms with E-state index in [2.05, 4.69) is 90.0 Å². The van der Waals surface area contributed by atoms with Crippen LogP contribution in [0.2, 0.25) is 0 Å². The molecule has 3 aromatic rings. The van der Waals surface area contributed by atoms with Gasteiger partial charge in [0.15, 0.2) is 0 Å². The summed E-state index contributed by atoms with van der Waals surface area (Å²) in [7, 11) is 1.98. The molecule has 10 nitrogen and oxygen atoms in total. The first-order valence-corrected chi connectivity index (χ1v) is 36.8. The molecule has 91 heavy (non-hydrogen) atoms. The zero-order chi connectivity index (χ0) is 61.4. The third-order valence-electron chi connectivity index (χ3n) is 32.1. The Bertz CT molecular complexity index is 3620. The van der Waals surface area contributed by atoms with Gasteiger partial charge in [0.25, 0.3) is 0 Å². The number of allylic oxidation sites excluding steroid dienone is 2. The molecule has 11 saturated carbocycles. The lowest BCUT2D eigenvalue weighted by atomic mass is 9.29. The summed E-state index contributed by atoms with van der Waals surface area (Å²) in [6, 6.07) is 26.6. The van der Waals surface area contributed by atoms with Gasteiger partial charge in [0, 0.05) is 57.6 Å². The number of nitrogens with one attached hydrogen (secondary N) is 1. The number of aldehydes is 1. The number of aliphatic hydroxyl groups is 5. The van der Waals surface area contributed by atoms with Crippen LogP contribution in [0.1, 0.15) is 181 Å². The van der Waals surface area contributed by atoms with Crippen molar-refractivity contribution in [3.63, 3.8) is 0 Å². The smallest absolute Gasteiger partial charge is 0.331 e. The first-order chi connectivity index (χ1) is 44.2. The molecular weight excluding hydrogens is 1130 g/mol. The second-order valence-corrected chi connectivity index (χ2v) is 34.4. The van der Waals surface area contributed by atoms with Crippen LogP contribution in [0.3, 0.4) is 0 Å². The van der Waals surface area contributed by atoms with Gasteiger partial charge in [-0.05, 0) is 265 Å². The molecule has 6 N–H and O–H groups in total. The Balaban J connectivity index is 0.838. The van der Waals surface area contributed by atoms with Gasteiger partial charge >= 0.3 is 5.97 Å². The number of rotatable bonds is 4. The fourth-order valence-corrected chi connectivity index (χ4v) is 29.3. The van der Waals surface area contributed by atoms with Crippen LogP contribution in [0.5, 0.6) is 0 Å². The highest BCUT2D eigenvalue weighted by Crippen LogP contribution is 2.86. The largest absolute Gasteiger partial charge is 0.454 e. The molecule has 3 aromatic carbocycles. The zero-order valence-corrected chi connectivity index (χ0v) is 53.5. The number of aliphatic hydroxyl groups excluding tert-OH is 2. The van der Waals surface area contributed by atoms with E-state index >= 15 is 20.1 Å². The number of benzene rings is 3. The molecule has 3 aliphatic heterocycles. The third-order valence-corrected chi connectivity index (χ3v) is 32.1. The predicted molar refractivity (Wildman–Crippen MR) is 344 cm³/mol. The Kier molecular flexibility index (Phi) is 12.8. The number of carbonyl (C=O) groups is 2. The number of ether oxygens (including phenoxy) is 2. The summed E-state index contributed by atoms with van der Waals surface area (Å²) in [5.41, 5.74) is -2.07. The molecule has 12 fully saturated rings. The van der Waals surface area contributed by atoms with Crippen molar-refractivity contribution in [3.8, 4) is 11.8 Å². The van der Waals surface area contributed by atoms with Crippen LogP contribution in [-0.2, 0) is 44.9 Å². The van der Waals surface area contributed by atoms with Gasteiger partial charge in [-0.2, -0.15) is 0 Å². The van der Waals surface area contributed by atoms with E-state index in [1.807, 2.05) is 19.2 Å². The minimum absolute atomic E-state index is 0.0696. The van der Waals surface area contributed by atoms with Crippen molar-refractivity contribution in [1.82, 2.24) is 5.32 Å². The molecular formula is C81H97NO9. The highest BCUT2D eigenvalue weighted by molar-refractivity contribution is 5.86. The summed E-state index contributed by atoms with van der Waals surface area (Å²) in [5.74, 6) is 6.99. The van der Waals surface area contributed by atoms with Gasteiger partial charge in [0.1, 0.15) is 23.6 Å². The molecule has 18 bridgehead atoms. The second-order valence-electron chi connectivity index (χ2n) is 34.4. The molecule has 0 aromatic heterocycles. The van der Waals surface area contributed by atoms with Crippen LogP contribution in [-0.4, -0.2) is 92.1 Å². The van der Waals surface area contributed by atoms with E-state index in [0.29, 0.717) is 81.0 Å². The maximum Gasteiger partial charge on any atom is 0.331 e. The van der Waals surface area contributed by atoms with Crippen LogP contribution in [0.15, 0.2) is 96.6 Å². The molecule has 3 heterocycles. The van der Waals surface area contributed by atoms with Crippen molar-refractivity contribution in [3.05, 3.63) is 130 Å². The van der Waals surface area contributed by atoms with Crippen LogP contribution < -0.4 is 5.32 Å². The lowest BCUT2D eigenvalue weighted by Crippen LogP contribution is -2.88. The van der Waals surface area contributed by atoms with Gasteiger partial charge < -0.3 is 45.1 Å². The molecule has 4 spiro atoms. The van der Waals surface area contributed by atoms with Crippen molar-refractivity contribution in [2.45, 2.75) is 220 Å². The van der Waals surface area contributed by atoms with E-state index in [-0.39, 0.29) is 84.1 Å².